The van der Waals surface area contributed by atoms with Gasteiger partial charge in [0.1, 0.15) is 11.3 Å². The average Bonchev–Trinajstić information content (AvgIpc) is 3.08. The summed E-state index contributed by atoms with van der Waals surface area (Å²) in [5.74, 6) is 0.595. The molecule has 186 valence electrons. The van der Waals surface area contributed by atoms with Crippen molar-refractivity contribution in [2.24, 2.45) is 0 Å². The minimum Gasteiger partial charge on any atom is -0.497 e. The second-order valence-electron chi connectivity index (χ2n) is 9.53. The minimum absolute atomic E-state index is 0.108. The normalized spacial score (nSPS) is 17.7. The summed E-state index contributed by atoms with van der Waals surface area (Å²) in [6.45, 7) is 2.93. The molecule has 2 fully saturated rings. The lowest BCUT2D eigenvalue weighted by molar-refractivity contribution is -0.136. The van der Waals surface area contributed by atoms with Crippen molar-refractivity contribution in [1.82, 2.24) is 14.7 Å². The Hall–Kier alpha value is -3.35. The van der Waals surface area contributed by atoms with E-state index in [2.05, 4.69) is 17.0 Å². The summed E-state index contributed by atoms with van der Waals surface area (Å²) in [6, 6.07) is 25.1. The van der Waals surface area contributed by atoms with E-state index in [1.807, 2.05) is 66.7 Å². The molecule has 0 aromatic heterocycles. The molecule has 2 aliphatic rings. The van der Waals surface area contributed by atoms with E-state index in [9.17, 15) is 9.59 Å². The van der Waals surface area contributed by atoms with Crippen molar-refractivity contribution in [3.05, 3.63) is 101 Å². The molecule has 2 saturated heterocycles. The Morgan fingerprint density at radius 3 is 2.17 bits per heavy atom. The number of rotatable bonds is 7. The highest BCUT2D eigenvalue weighted by Crippen LogP contribution is 2.39. The van der Waals surface area contributed by atoms with Crippen LogP contribution >= 0.6 is 11.6 Å². The zero-order valence-electron chi connectivity index (χ0n) is 20.4. The smallest absolute Gasteiger partial charge is 0.328 e. The first-order valence-electron chi connectivity index (χ1n) is 12.3. The van der Waals surface area contributed by atoms with Crippen LogP contribution in [0.25, 0.3) is 0 Å². The maximum absolute atomic E-state index is 14.0. The molecule has 0 N–H and O–H groups in total. The third-order valence-corrected chi connectivity index (χ3v) is 7.53. The number of methoxy groups -OCH3 is 1. The molecule has 6 nitrogen and oxygen atoms in total. The van der Waals surface area contributed by atoms with Gasteiger partial charge in [-0.25, -0.2) is 4.79 Å². The first kappa shape index (κ1) is 24.3. The number of piperidine rings is 1. The van der Waals surface area contributed by atoms with Gasteiger partial charge in [0.2, 0.25) is 0 Å². The topological polar surface area (TPSA) is 53.1 Å². The molecule has 36 heavy (non-hydrogen) atoms. The van der Waals surface area contributed by atoms with Crippen LogP contribution in [0.2, 0.25) is 5.02 Å². The van der Waals surface area contributed by atoms with Crippen molar-refractivity contribution in [3.8, 4) is 5.75 Å². The predicted octanol–water partition coefficient (Wildman–Crippen LogP) is 5.35. The summed E-state index contributed by atoms with van der Waals surface area (Å²) in [7, 11) is 1.61. The lowest BCUT2D eigenvalue weighted by Gasteiger charge is -2.42. The zero-order chi connectivity index (χ0) is 25.1. The predicted molar refractivity (Wildman–Crippen MR) is 140 cm³/mol. The number of likely N-dealkylation sites (tertiary alicyclic amines) is 1. The van der Waals surface area contributed by atoms with Gasteiger partial charge >= 0.3 is 6.03 Å². The zero-order valence-corrected chi connectivity index (χ0v) is 21.2. The van der Waals surface area contributed by atoms with Gasteiger partial charge in [-0.05, 0) is 53.8 Å². The van der Waals surface area contributed by atoms with Crippen molar-refractivity contribution >= 4 is 23.5 Å². The van der Waals surface area contributed by atoms with Crippen LogP contribution in [0.3, 0.4) is 0 Å². The molecule has 0 radical (unpaired) electrons. The van der Waals surface area contributed by atoms with Crippen LogP contribution in [0, 0.1) is 0 Å². The van der Waals surface area contributed by atoms with E-state index in [0.717, 1.165) is 30.8 Å². The second-order valence-corrected chi connectivity index (χ2v) is 9.97. The van der Waals surface area contributed by atoms with E-state index >= 15 is 0 Å². The van der Waals surface area contributed by atoms with E-state index in [1.54, 1.807) is 12.0 Å². The Kier molecular flexibility index (Phi) is 6.99. The highest BCUT2D eigenvalue weighted by atomic mass is 35.5. The Morgan fingerprint density at radius 2 is 1.47 bits per heavy atom. The maximum Gasteiger partial charge on any atom is 0.328 e. The van der Waals surface area contributed by atoms with Crippen molar-refractivity contribution in [2.75, 3.05) is 20.2 Å². The van der Waals surface area contributed by atoms with Crippen molar-refractivity contribution < 1.29 is 14.3 Å². The molecule has 3 aromatic carbocycles. The SMILES string of the molecule is COc1cccc(CN2C(=O)N(Cc3ccc(Cl)cc3)C3(CCN(Cc4ccccc4)CC3)C2=O)c1. The number of ether oxygens (including phenoxy) is 1. The molecule has 3 aromatic rings. The standard InChI is InChI=1S/C29H30ClN3O3/c1-36-26-9-5-8-24(18-26)20-32-27(34)29(33(28(32)35)21-23-10-12-25(30)13-11-23)14-16-31(17-15-29)19-22-6-3-2-4-7-22/h2-13,18H,14-17,19-21H2,1H3. The monoisotopic (exact) mass is 503 g/mol. The number of imide groups is 1. The highest BCUT2D eigenvalue weighted by Gasteiger charge is 2.57. The summed E-state index contributed by atoms with van der Waals surface area (Å²) in [5.41, 5.74) is 2.22. The Morgan fingerprint density at radius 1 is 0.806 bits per heavy atom. The molecule has 0 atom stereocenters. The largest absolute Gasteiger partial charge is 0.497 e. The van der Waals surface area contributed by atoms with E-state index in [-0.39, 0.29) is 18.5 Å². The van der Waals surface area contributed by atoms with Gasteiger partial charge in [0.15, 0.2) is 0 Å². The number of urea groups is 1. The van der Waals surface area contributed by atoms with Gasteiger partial charge in [-0.2, -0.15) is 0 Å². The molecule has 2 aliphatic heterocycles. The first-order valence-corrected chi connectivity index (χ1v) is 12.6. The third kappa shape index (κ3) is 4.84. The molecule has 2 heterocycles. The van der Waals surface area contributed by atoms with Crippen molar-refractivity contribution in [2.45, 2.75) is 38.0 Å². The van der Waals surface area contributed by atoms with Crippen LogP contribution in [0.4, 0.5) is 4.79 Å². The summed E-state index contributed by atoms with van der Waals surface area (Å²) >= 11 is 6.08. The van der Waals surface area contributed by atoms with Crippen LogP contribution in [0.15, 0.2) is 78.9 Å². The number of hydrogen-bond donors (Lipinski definition) is 0. The number of hydrogen-bond acceptors (Lipinski definition) is 4. The van der Waals surface area contributed by atoms with E-state index < -0.39 is 5.54 Å². The fourth-order valence-electron chi connectivity index (χ4n) is 5.27. The molecule has 1 spiro atoms. The Labute approximate surface area is 217 Å². The first-order chi connectivity index (χ1) is 17.5. The maximum atomic E-state index is 14.0. The lowest BCUT2D eigenvalue weighted by atomic mass is 9.85. The van der Waals surface area contributed by atoms with Crippen LogP contribution in [0.5, 0.6) is 5.75 Å². The number of halogens is 1. The van der Waals surface area contributed by atoms with Crippen molar-refractivity contribution in [3.63, 3.8) is 0 Å². The molecule has 0 aliphatic carbocycles. The molecule has 0 unspecified atom stereocenters. The number of nitrogens with zero attached hydrogens (tertiary/aromatic N) is 3. The van der Waals surface area contributed by atoms with Gasteiger partial charge in [0, 0.05) is 31.2 Å². The molecule has 5 rings (SSSR count). The van der Waals surface area contributed by atoms with E-state index in [0.29, 0.717) is 30.2 Å². The molecule has 0 saturated carbocycles. The van der Waals surface area contributed by atoms with Crippen LogP contribution in [0.1, 0.15) is 29.5 Å². The highest BCUT2D eigenvalue weighted by molar-refractivity contribution is 6.30. The van der Waals surface area contributed by atoms with Gasteiger partial charge in [-0.1, -0.05) is 66.2 Å². The summed E-state index contributed by atoms with van der Waals surface area (Å²) in [6.07, 6.45) is 1.21. The quantitative estimate of drug-likeness (QED) is 0.408. The number of benzene rings is 3. The fourth-order valence-corrected chi connectivity index (χ4v) is 5.40. The summed E-state index contributed by atoms with van der Waals surface area (Å²) in [4.78, 5) is 33.3. The van der Waals surface area contributed by atoms with Gasteiger partial charge in [-0.15, -0.1) is 0 Å². The summed E-state index contributed by atoms with van der Waals surface area (Å²) in [5, 5.41) is 0.645. The van der Waals surface area contributed by atoms with Crippen LogP contribution in [-0.2, 0) is 24.4 Å². The number of amides is 3. The molecular weight excluding hydrogens is 474 g/mol. The van der Waals surface area contributed by atoms with Gasteiger partial charge in [0.25, 0.3) is 5.91 Å². The molecular formula is C29H30ClN3O3. The molecule has 0 bridgehead atoms. The molecule has 3 amide bonds. The van der Waals surface area contributed by atoms with Crippen molar-refractivity contribution in [1.29, 1.82) is 0 Å². The second kappa shape index (κ2) is 10.3. The third-order valence-electron chi connectivity index (χ3n) is 7.28. The fraction of sp³-hybridized carbons (Fsp3) is 0.310. The molecule has 7 heteroatoms. The summed E-state index contributed by atoms with van der Waals surface area (Å²) < 4.78 is 5.34. The number of carbonyl (C=O) groups excluding carboxylic acids is 2. The van der Waals surface area contributed by atoms with E-state index in [1.165, 1.54) is 10.5 Å². The Bertz CT molecular complexity index is 1220. The average molecular weight is 504 g/mol. The van der Waals surface area contributed by atoms with Crippen LogP contribution in [-0.4, -0.2) is 52.4 Å². The minimum atomic E-state index is -0.844. The Balaban J connectivity index is 1.40. The van der Waals surface area contributed by atoms with E-state index in [4.69, 9.17) is 16.3 Å². The lowest BCUT2D eigenvalue weighted by Crippen LogP contribution is -2.56. The van der Waals surface area contributed by atoms with Gasteiger partial charge in [0.05, 0.1) is 13.7 Å². The number of carbonyl (C=O) groups is 2. The van der Waals surface area contributed by atoms with Crippen LogP contribution < -0.4 is 4.74 Å². The van der Waals surface area contributed by atoms with Gasteiger partial charge < -0.3 is 9.64 Å². The van der Waals surface area contributed by atoms with Gasteiger partial charge in [-0.3, -0.25) is 14.6 Å².